The number of ether oxygens (including phenoxy) is 1. The fourth-order valence-electron chi connectivity index (χ4n) is 4.84. The second-order valence-corrected chi connectivity index (χ2v) is 9.97. The average molecular weight is 567 g/mol. The highest BCUT2D eigenvalue weighted by atomic mass is 35.5. The minimum absolute atomic E-state index is 0.0983. The molecule has 5 N–H and O–H groups in total. The third-order valence-corrected chi connectivity index (χ3v) is 7.05. The van der Waals surface area contributed by atoms with Gasteiger partial charge in [-0.25, -0.2) is 0 Å². The van der Waals surface area contributed by atoms with Crippen LogP contribution >= 0.6 is 11.6 Å². The Morgan fingerprint density at radius 2 is 1.95 bits per heavy atom. The lowest BCUT2D eigenvalue weighted by Gasteiger charge is -2.27. The highest BCUT2D eigenvalue weighted by Gasteiger charge is 2.33. The summed E-state index contributed by atoms with van der Waals surface area (Å²) in [6.07, 6.45) is 3.22. The predicted molar refractivity (Wildman–Crippen MR) is 154 cm³/mol. The van der Waals surface area contributed by atoms with Crippen molar-refractivity contribution in [2.24, 2.45) is 11.7 Å². The van der Waals surface area contributed by atoms with Gasteiger partial charge in [0.05, 0.1) is 12.2 Å². The Bertz CT molecular complexity index is 1340. The lowest BCUT2D eigenvalue weighted by molar-refractivity contribution is -0.126. The SMILES string of the molecule is CCOc1ccc(Cl)cc1-c1nnc([C@H]2CCC[C@@H](C(=O)N/C(C(=O)Nc3ccccc3)=C(\CCN)NC)C2)o1. The van der Waals surface area contributed by atoms with Crippen molar-refractivity contribution in [1.29, 1.82) is 0 Å². The van der Waals surface area contributed by atoms with Crippen molar-refractivity contribution in [2.75, 3.05) is 25.5 Å². The molecule has 1 aliphatic rings. The van der Waals surface area contributed by atoms with Crippen molar-refractivity contribution < 1.29 is 18.7 Å². The molecule has 212 valence electrons. The summed E-state index contributed by atoms with van der Waals surface area (Å²) in [4.78, 5) is 26.7. The van der Waals surface area contributed by atoms with E-state index in [4.69, 9.17) is 26.5 Å². The quantitative estimate of drug-likeness (QED) is 0.246. The van der Waals surface area contributed by atoms with Crippen LogP contribution in [0.3, 0.4) is 0 Å². The number of benzene rings is 2. The third kappa shape index (κ3) is 7.19. The van der Waals surface area contributed by atoms with Crippen LogP contribution < -0.4 is 26.4 Å². The zero-order valence-corrected chi connectivity index (χ0v) is 23.5. The number of carbonyl (C=O) groups excluding carboxylic acids is 2. The van der Waals surface area contributed by atoms with Gasteiger partial charge in [-0.3, -0.25) is 9.59 Å². The number of carbonyl (C=O) groups is 2. The lowest BCUT2D eigenvalue weighted by Crippen LogP contribution is -2.39. The molecule has 1 saturated carbocycles. The largest absolute Gasteiger partial charge is 0.493 e. The van der Waals surface area contributed by atoms with E-state index in [1.54, 1.807) is 37.4 Å². The van der Waals surface area contributed by atoms with Crippen LogP contribution in [0.1, 0.15) is 50.8 Å². The summed E-state index contributed by atoms with van der Waals surface area (Å²) in [5, 5.41) is 17.8. The summed E-state index contributed by atoms with van der Waals surface area (Å²) in [7, 11) is 1.70. The molecule has 40 heavy (non-hydrogen) atoms. The third-order valence-electron chi connectivity index (χ3n) is 6.81. The average Bonchev–Trinajstić information content (AvgIpc) is 3.47. The molecule has 0 spiro atoms. The molecule has 0 unspecified atom stereocenters. The van der Waals surface area contributed by atoms with Crippen LogP contribution in [0.4, 0.5) is 5.69 Å². The predicted octanol–water partition coefficient (Wildman–Crippen LogP) is 4.60. The Hall–Kier alpha value is -3.89. The summed E-state index contributed by atoms with van der Waals surface area (Å²) >= 11 is 6.20. The maximum absolute atomic E-state index is 13.5. The first kappa shape index (κ1) is 29.1. The Morgan fingerprint density at radius 3 is 2.67 bits per heavy atom. The van der Waals surface area contributed by atoms with Gasteiger partial charge < -0.3 is 30.8 Å². The van der Waals surface area contributed by atoms with Gasteiger partial charge in [-0.1, -0.05) is 36.2 Å². The number of halogens is 1. The van der Waals surface area contributed by atoms with Crippen LogP contribution in [0.15, 0.2) is 64.3 Å². The normalized spacial score (nSPS) is 17.5. The summed E-state index contributed by atoms with van der Waals surface area (Å²) in [5.74, 6) is 0.295. The van der Waals surface area contributed by atoms with Gasteiger partial charge in [0.2, 0.25) is 11.8 Å². The summed E-state index contributed by atoms with van der Waals surface area (Å²) in [5.41, 5.74) is 7.74. The number of hydrogen-bond donors (Lipinski definition) is 4. The molecule has 2 amide bonds. The highest BCUT2D eigenvalue weighted by Crippen LogP contribution is 2.38. The summed E-state index contributed by atoms with van der Waals surface area (Å²) in [6.45, 7) is 2.69. The van der Waals surface area contributed by atoms with Gasteiger partial charge in [-0.05, 0) is 63.1 Å². The molecule has 3 aromatic rings. The Balaban J connectivity index is 1.50. The van der Waals surface area contributed by atoms with Gasteiger partial charge in [-0.2, -0.15) is 0 Å². The van der Waals surface area contributed by atoms with Crippen molar-refractivity contribution >= 4 is 29.1 Å². The number of nitrogens with one attached hydrogen (secondary N) is 3. The van der Waals surface area contributed by atoms with E-state index < -0.39 is 5.91 Å². The van der Waals surface area contributed by atoms with Crippen LogP contribution in [-0.4, -0.2) is 42.2 Å². The molecule has 0 saturated heterocycles. The van der Waals surface area contributed by atoms with E-state index in [-0.39, 0.29) is 23.4 Å². The van der Waals surface area contributed by atoms with Crippen molar-refractivity contribution in [3.05, 3.63) is 70.8 Å². The van der Waals surface area contributed by atoms with Crippen molar-refractivity contribution in [3.63, 3.8) is 0 Å². The number of rotatable bonds is 11. The molecule has 10 nitrogen and oxygen atoms in total. The van der Waals surface area contributed by atoms with E-state index in [1.165, 1.54) is 0 Å². The van der Waals surface area contributed by atoms with Gasteiger partial charge >= 0.3 is 0 Å². The molecular weight excluding hydrogens is 532 g/mol. The number of hydrogen-bond acceptors (Lipinski definition) is 8. The zero-order chi connectivity index (χ0) is 28.5. The molecule has 0 aliphatic heterocycles. The summed E-state index contributed by atoms with van der Waals surface area (Å²) < 4.78 is 11.8. The maximum Gasteiger partial charge on any atom is 0.273 e. The van der Waals surface area contributed by atoms with E-state index in [0.29, 0.717) is 71.9 Å². The first-order valence-electron chi connectivity index (χ1n) is 13.5. The standard InChI is InChI=1S/C29H35ClN6O4/c1-3-39-24-13-12-20(30)17-22(24)29-36-35-28(40-29)19-9-7-8-18(16-19)26(37)34-25(23(32-2)14-15-31)27(38)33-21-10-5-4-6-11-21/h4-6,10-13,17-19,32H,3,7-9,14-16,31H2,1-2H3,(H,33,38)(H,34,37)/b25-23+/t18-,19+/m1/s1. The Labute approximate surface area is 238 Å². The molecule has 1 aromatic heterocycles. The minimum atomic E-state index is -0.419. The smallest absolute Gasteiger partial charge is 0.273 e. The number of nitrogens with zero attached hydrogens (tertiary/aromatic N) is 2. The molecule has 2 aromatic carbocycles. The zero-order valence-electron chi connectivity index (χ0n) is 22.7. The molecule has 4 rings (SSSR count). The van der Waals surface area contributed by atoms with Gasteiger partial charge in [0, 0.05) is 41.7 Å². The maximum atomic E-state index is 13.5. The van der Waals surface area contributed by atoms with Crippen LogP contribution in [0, 0.1) is 5.92 Å². The minimum Gasteiger partial charge on any atom is -0.493 e. The number of anilines is 1. The first-order chi connectivity index (χ1) is 19.4. The van der Waals surface area contributed by atoms with Crippen molar-refractivity contribution in [2.45, 2.75) is 44.9 Å². The molecule has 2 atom stereocenters. The van der Waals surface area contributed by atoms with E-state index >= 15 is 0 Å². The highest BCUT2D eigenvalue weighted by molar-refractivity contribution is 6.30. The Morgan fingerprint density at radius 1 is 1.15 bits per heavy atom. The second kappa shape index (κ2) is 14.0. The Kier molecular flexibility index (Phi) is 10.2. The number of nitrogens with two attached hydrogens (primary N) is 1. The molecule has 1 fully saturated rings. The van der Waals surface area contributed by atoms with Crippen molar-refractivity contribution in [3.8, 4) is 17.2 Å². The van der Waals surface area contributed by atoms with E-state index in [2.05, 4.69) is 26.1 Å². The molecule has 1 aliphatic carbocycles. The van der Waals surface area contributed by atoms with Gasteiger partial charge in [0.15, 0.2) is 0 Å². The van der Waals surface area contributed by atoms with Crippen molar-refractivity contribution in [1.82, 2.24) is 20.8 Å². The van der Waals surface area contributed by atoms with E-state index in [0.717, 1.165) is 12.8 Å². The molecular formula is C29H35ClN6O4. The van der Waals surface area contributed by atoms with Crippen LogP contribution in [-0.2, 0) is 9.59 Å². The number of aromatic nitrogens is 2. The van der Waals surface area contributed by atoms with Gasteiger partial charge in [-0.15, -0.1) is 10.2 Å². The topological polar surface area (TPSA) is 144 Å². The first-order valence-corrected chi connectivity index (χ1v) is 13.9. The van der Waals surface area contributed by atoms with Gasteiger partial charge in [0.1, 0.15) is 11.4 Å². The van der Waals surface area contributed by atoms with Crippen LogP contribution in [0.25, 0.3) is 11.5 Å². The lowest BCUT2D eigenvalue weighted by atomic mass is 9.81. The molecule has 11 heteroatoms. The fraction of sp³-hybridized carbons (Fsp3) is 0.379. The molecule has 0 radical (unpaired) electrons. The van der Waals surface area contributed by atoms with Crippen LogP contribution in [0.2, 0.25) is 5.02 Å². The second-order valence-electron chi connectivity index (χ2n) is 9.53. The summed E-state index contributed by atoms with van der Waals surface area (Å²) in [6, 6.07) is 14.3. The van der Waals surface area contributed by atoms with Gasteiger partial charge in [0.25, 0.3) is 11.8 Å². The van der Waals surface area contributed by atoms with Crippen LogP contribution in [0.5, 0.6) is 5.75 Å². The molecule has 0 bridgehead atoms. The fourth-order valence-corrected chi connectivity index (χ4v) is 5.01. The number of amides is 2. The van der Waals surface area contributed by atoms with E-state index in [1.807, 2.05) is 25.1 Å². The monoisotopic (exact) mass is 566 g/mol. The van der Waals surface area contributed by atoms with E-state index in [9.17, 15) is 9.59 Å². The molecule has 1 heterocycles. The number of para-hydroxylation sites is 1.